The van der Waals surface area contributed by atoms with E-state index in [1.165, 1.54) is 11.1 Å². The van der Waals surface area contributed by atoms with Crippen molar-refractivity contribution in [1.29, 1.82) is 0 Å². The van der Waals surface area contributed by atoms with Crippen molar-refractivity contribution < 1.29 is 0 Å². The lowest BCUT2D eigenvalue weighted by atomic mass is 10.1. The number of hydrogen-bond acceptors (Lipinski definition) is 0. The maximum Gasteiger partial charge on any atom is 0.0214 e. The number of allylic oxidation sites excluding steroid dienone is 2. The summed E-state index contributed by atoms with van der Waals surface area (Å²) in [6.45, 7) is 2.16. The minimum atomic E-state index is 0.950. The van der Waals surface area contributed by atoms with Crippen LogP contribution in [-0.2, 0) is 6.42 Å². The largest absolute Gasteiger partial charge is 0.0883 e. The molecule has 0 nitrogen and oxygen atoms in total. The molecule has 1 heteroatoms. The molecule has 0 amide bonds. The normalized spacial score (nSPS) is 11.7. The van der Waals surface area contributed by atoms with E-state index in [1.807, 2.05) is 6.07 Å². The van der Waals surface area contributed by atoms with E-state index >= 15 is 0 Å². The summed E-state index contributed by atoms with van der Waals surface area (Å²) in [6.07, 6.45) is 3.26. The first-order chi connectivity index (χ1) is 5.83. The van der Waals surface area contributed by atoms with E-state index in [9.17, 15) is 0 Å². The third kappa shape index (κ3) is 3.22. The zero-order valence-electron chi connectivity index (χ0n) is 7.26. The third-order valence-corrected chi connectivity index (χ3v) is 2.08. The second-order valence-electron chi connectivity index (χ2n) is 2.87. The Bertz CT molecular complexity index is 249. The molecule has 12 heavy (non-hydrogen) atoms. The zero-order chi connectivity index (χ0) is 8.81. The van der Waals surface area contributed by atoms with Crippen molar-refractivity contribution in [3.05, 3.63) is 47.5 Å². The summed E-state index contributed by atoms with van der Waals surface area (Å²) in [5.41, 5.74) is 2.80. The molecule has 0 spiro atoms. The quantitative estimate of drug-likeness (QED) is 0.545. The molecule has 1 rings (SSSR count). The molecule has 0 saturated heterocycles. The summed E-state index contributed by atoms with van der Waals surface area (Å²) in [7, 11) is 0. The fourth-order valence-electron chi connectivity index (χ4n) is 1.12. The summed E-state index contributed by atoms with van der Waals surface area (Å²) in [6, 6.07) is 10.5. The lowest BCUT2D eigenvalue weighted by Crippen LogP contribution is -1.85. The SMILES string of the molecule is CC(=CCBr)Cc1ccccc1. The number of alkyl halides is 1. The Morgan fingerprint density at radius 2 is 2.00 bits per heavy atom. The van der Waals surface area contributed by atoms with E-state index in [-0.39, 0.29) is 0 Å². The molecule has 0 radical (unpaired) electrons. The molecule has 0 heterocycles. The highest BCUT2D eigenvalue weighted by molar-refractivity contribution is 9.09. The van der Waals surface area contributed by atoms with Crippen LogP contribution in [0.3, 0.4) is 0 Å². The van der Waals surface area contributed by atoms with Crippen LogP contribution >= 0.6 is 15.9 Å². The predicted molar refractivity (Wildman–Crippen MR) is 57.7 cm³/mol. The topological polar surface area (TPSA) is 0 Å². The van der Waals surface area contributed by atoms with Gasteiger partial charge in [0.25, 0.3) is 0 Å². The maximum absolute atomic E-state index is 3.39. The van der Waals surface area contributed by atoms with Gasteiger partial charge in [0, 0.05) is 5.33 Å². The predicted octanol–water partition coefficient (Wildman–Crippen LogP) is 3.57. The van der Waals surface area contributed by atoms with E-state index < -0.39 is 0 Å². The Morgan fingerprint density at radius 3 is 2.58 bits per heavy atom. The van der Waals surface area contributed by atoms with Crippen LogP contribution in [0.5, 0.6) is 0 Å². The van der Waals surface area contributed by atoms with E-state index in [2.05, 4.69) is 53.2 Å². The molecule has 1 aromatic carbocycles. The minimum absolute atomic E-state index is 0.950. The van der Waals surface area contributed by atoms with Crippen LogP contribution in [0.4, 0.5) is 0 Å². The lowest BCUT2D eigenvalue weighted by Gasteiger charge is -1.99. The van der Waals surface area contributed by atoms with E-state index in [1.54, 1.807) is 0 Å². The van der Waals surface area contributed by atoms with E-state index in [0.717, 1.165) is 11.8 Å². The first kappa shape index (κ1) is 9.53. The summed E-state index contributed by atoms with van der Waals surface area (Å²) >= 11 is 3.39. The monoisotopic (exact) mass is 224 g/mol. The Hall–Kier alpha value is -0.560. The Kier molecular flexibility index (Phi) is 4.09. The molecule has 1 aromatic rings. The molecule has 0 aliphatic heterocycles. The average Bonchev–Trinajstić information content (AvgIpc) is 2.06. The van der Waals surface area contributed by atoms with Crippen LogP contribution in [0.2, 0.25) is 0 Å². The first-order valence-corrected chi connectivity index (χ1v) is 5.20. The third-order valence-electron chi connectivity index (χ3n) is 1.75. The van der Waals surface area contributed by atoms with Gasteiger partial charge in [0.15, 0.2) is 0 Å². The molecular formula is C11H13Br. The first-order valence-electron chi connectivity index (χ1n) is 4.08. The van der Waals surface area contributed by atoms with Gasteiger partial charge in [-0.25, -0.2) is 0 Å². The van der Waals surface area contributed by atoms with Gasteiger partial charge in [-0.1, -0.05) is 57.9 Å². The van der Waals surface area contributed by atoms with E-state index in [0.29, 0.717) is 0 Å². The summed E-state index contributed by atoms with van der Waals surface area (Å²) < 4.78 is 0. The molecule has 0 atom stereocenters. The highest BCUT2D eigenvalue weighted by Gasteiger charge is 1.91. The van der Waals surface area contributed by atoms with Crippen LogP contribution in [0.1, 0.15) is 12.5 Å². The molecule has 0 unspecified atom stereocenters. The summed E-state index contributed by atoms with van der Waals surface area (Å²) in [5, 5.41) is 0.950. The van der Waals surface area contributed by atoms with Gasteiger partial charge in [0.05, 0.1) is 0 Å². The van der Waals surface area contributed by atoms with Crippen molar-refractivity contribution in [1.82, 2.24) is 0 Å². The second-order valence-corrected chi connectivity index (χ2v) is 3.51. The highest BCUT2D eigenvalue weighted by atomic mass is 79.9. The number of hydrogen-bond donors (Lipinski definition) is 0. The van der Waals surface area contributed by atoms with Crippen molar-refractivity contribution in [3.8, 4) is 0 Å². The molecule has 64 valence electrons. The Labute approximate surface area is 82.4 Å². The number of halogens is 1. The van der Waals surface area contributed by atoms with Gasteiger partial charge in [0.1, 0.15) is 0 Å². The molecule has 0 fully saturated rings. The zero-order valence-corrected chi connectivity index (χ0v) is 8.84. The van der Waals surface area contributed by atoms with Gasteiger partial charge in [-0.05, 0) is 18.9 Å². The highest BCUT2D eigenvalue weighted by Crippen LogP contribution is 2.07. The number of benzene rings is 1. The molecule has 0 aliphatic carbocycles. The molecule has 0 saturated carbocycles. The smallest absolute Gasteiger partial charge is 0.0214 e. The fraction of sp³-hybridized carbons (Fsp3) is 0.273. The molecular weight excluding hydrogens is 212 g/mol. The van der Waals surface area contributed by atoms with Gasteiger partial charge >= 0.3 is 0 Å². The van der Waals surface area contributed by atoms with Gasteiger partial charge in [0.2, 0.25) is 0 Å². The standard InChI is InChI=1S/C11H13Br/c1-10(7-8-12)9-11-5-3-2-4-6-11/h2-7H,8-9H2,1H3. The van der Waals surface area contributed by atoms with E-state index in [4.69, 9.17) is 0 Å². The van der Waals surface area contributed by atoms with Crippen LogP contribution in [0.25, 0.3) is 0 Å². The van der Waals surface area contributed by atoms with Crippen LogP contribution in [0, 0.1) is 0 Å². The minimum Gasteiger partial charge on any atom is -0.0883 e. The van der Waals surface area contributed by atoms with Gasteiger partial charge in [-0.2, -0.15) is 0 Å². The van der Waals surface area contributed by atoms with Gasteiger partial charge < -0.3 is 0 Å². The maximum atomic E-state index is 3.39. The summed E-state index contributed by atoms with van der Waals surface area (Å²) in [5.74, 6) is 0. The average molecular weight is 225 g/mol. The lowest BCUT2D eigenvalue weighted by molar-refractivity contribution is 1.14. The second kappa shape index (κ2) is 5.15. The molecule has 0 aliphatic rings. The molecule has 0 aromatic heterocycles. The van der Waals surface area contributed by atoms with Crippen LogP contribution in [0.15, 0.2) is 42.0 Å². The van der Waals surface area contributed by atoms with Crippen molar-refractivity contribution in [2.75, 3.05) is 5.33 Å². The fourth-order valence-corrected chi connectivity index (χ4v) is 1.67. The van der Waals surface area contributed by atoms with Crippen molar-refractivity contribution in [3.63, 3.8) is 0 Å². The molecule has 0 bridgehead atoms. The van der Waals surface area contributed by atoms with Crippen LogP contribution in [-0.4, -0.2) is 5.33 Å². The van der Waals surface area contributed by atoms with Crippen molar-refractivity contribution in [2.24, 2.45) is 0 Å². The van der Waals surface area contributed by atoms with Crippen molar-refractivity contribution >= 4 is 15.9 Å². The van der Waals surface area contributed by atoms with Crippen molar-refractivity contribution in [2.45, 2.75) is 13.3 Å². The van der Waals surface area contributed by atoms with Gasteiger partial charge in [-0.3, -0.25) is 0 Å². The van der Waals surface area contributed by atoms with Gasteiger partial charge in [-0.15, -0.1) is 0 Å². The Morgan fingerprint density at radius 1 is 1.33 bits per heavy atom. The van der Waals surface area contributed by atoms with Crippen LogP contribution < -0.4 is 0 Å². The number of rotatable bonds is 3. The molecule has 0 N–H and O–H groups in total. The summed E-state index contributed by atoms with van der Waals surface area (Å²) in [4.78, 5) is 0. The Balaban J connectivity index is 2.58.